The predicted molar refractivity (Wildman–Crippen MR) is 222 cm³/mol. The van der Waals surface area contributed by atoms with Crippen molar-refractivity contribution in [2.24, 2.45) is 0 Å². The van der Waals surface area contributed by atoms with E-state index in [0.29, 0.717) is 19.4 Å². The molecule has 0 spiro atoms. The third kappa shape index (κ3) is 37.8. The maximum absolute atomic E-state index is 12.3. The van der Waals surface area contributed by atoms with Crippen molar-refractivity contribution in [1.29, 1.82) is 0 Å². The quantitative estimate of drug-likeness (QED) is 0.0331. The largest absolute Gasteiger partial charge is 0.466 e. The van der Waals surface area contributed by atoms with Crippen molar-refractivity contribution in [3.8, 4) is 0 Å². The van der Waals surface area contributed by atoms with E-state index in [4.69, 9.17) is 4.74 Å². The van der Waals surface area contributed by atoms with Crippen LogP contribution in [0.4, 0.5) is 0 Å². The predicted octanol–water partition coefficient (Wildman–Crippen LogP) is 12.6. The molecule has 0 aromatic carbocycles. The molecule has 2 unspecified atom stereocenters. The number of carbonyl (C=O) groups excluding carboxylic acids is 2. The second-order valence-corrected chi connectivity index (χ2v) is 15.0. The summed E-state index contributed by atoms with van der Waals surface area (Å²) in [5.41, 5.74) is 0. The van der Waals surface area contributed by atoms with Crippen molar-refractivity contribution >= 4 is 11.9 Å². The Morgan fingerprint density at radius 2 is 0.904 bits per heavy atom. The zero-order chi connectivity index (χ0) is 38.0. The highest BCUT2D eigenvalue weighted by molar-refractivity contribution is 5.76. The van der Waals surface area contributed by atoms with Gasteiger partial charge in [0.15, 0.2) is 0 Å². The highest BCUT2D eigenvalue weighted by Crippen LogP contribution is 2.13. The molecule has 0 aliphatic carbocycles. The summed E-state index contributed by atoms with van der Waals surface area (Å²) in [4.78, 5) is 24.3. The van der Waals surface area contributed by atoms with E-state index in [9.17, 15) is 19.8 Å². The van der Waals surface area contributed by atoms with Crippen LogP contribution in [0.3, 0.4) is 0 Å². The van der Waals surface area contributed by atoms with Crippen molar-refractivity contribution in [3.63, 3.8) is 0 Å². The number of hydrogen-bond donors (Lipinski definition) is 3. The lowest BCUT2D eigenvalue weighted by Crippen LogP contribution is -2.45. The van der Waals surface area contributed by atoms with E-state index in [0.717, 1.165) is 77.0 Å². The van der Waals surface area contributed by atoms with Gasteiger partial charge in [0, 0.05) is 12.8 Å². The lowest BCUT2D eigenvalue weighted by Gasteiger charge is -2.20. The molecule has 3 N–H and O–H groups in total. The van der Waals surface area contributed by atoms with E-state index in [-0.39, 0.29) is 18.5 Å². The maximum atomic E-state index is 12.3. The fourth-order valence-corrected chi connectivity index (χ4v) is 6.38. The Morgan fingerprint density at radius 3 is 1.37 bits per heavy atom. The molecule has 0 saturated carbocycles. The van der Waals surface area contributed by atoms with Crippen molar-refractivity contribution in [1.82, 2.24) is 5.32 Å². The Kier molecular flexibility index (Phi) is 40.3. The summed E-state index contributed by atoms with van der Waals surface area (Å²) in [6.07, 6.45) is 48.5. The van der Waals surface area contributed by atoms with Crippen LogP contribution in [0.2, 0.25) is 0 Å². The highest BCUT2D eigenvalue weighted by Gasteiger charge is 2.17. The Hall–Kier alpha value is -1.92. The molecule has 2 atom stereocenters. The first-order chi connectivity index (χ1) is 25.5. The van der Waals surface area contributed by atoms with Crippen LogP contribution >= 0.6 is 0 Å². The number of amides is 1. The second kappa shape index (κ2) is 41.8. The number of ether oxygens (including phenoxy) is 1. The molecule has 0 aliphatic rings. The van der Waals surface area contributed by atoms with Gasteiger partial charge in [0.05, 0.1) is 25.4 Å². The number of hydrogen-bond acceptors (Lipinski definition) is 5. The van der Waals surface area contributed by atoms with Gasteiger partial charge >= 0.3 is 5.97 Å². The molecule has 52 heavy (non-hydrogen) atoms. The summed E-state index contributed by atoms with van der Waals surface area (Å²) in [6, 6.07) is -0.651. The lowest BCUT2D eigenvalue weighted by atomic mass is 10.1. The molecule has 1 amide bonds. The molecule has 0 saturated heterocycles. The Labute approximate surface area is 322 Å². The van der Waals surface area contributed by atoms with Gasteiger partial charge in [-0.05, 0) is 83.5 Å². The summed E-state index contributed by atoms with van der Waals surface area (Å²) in [5.74, 6) is -0.156. The molecule has 6 heteroatoms. The molecule has 0 radical (unpaired) electrons. The lowest BCUT2D eigenvalue weighted by molar-refractivity contribution is -0.143. The van der Waals surface area contributed by atoms with E-state index >= 15 is 0 Å². The van der Waals surface area contributed by atoms with Crippen molar-refractivity contribution in [3.05, 3.63) is 36.5 Å². The molecule has 6 nitrogen and oxygen atoms in total. The van der Waals surface area contributed by atoms with Gasteiger partial charge in [0.25, 0.3) is 0 Å². The molecule has 0 bridgehead atoms. The average Bonchev–Trinajstić information content (AvgIpc) is 3.14. The van der Waals surface area contributed by atoms with Crippen LogP contribution in [0, 0.1) is 0 Å². The van der Waals surface area contributed by atoms with Gasteiger partial charge in [-0.1, -0.05) is 159 Å². The first-order valence-electron chi connectivity index (χ1n) is 22.3. The molecule has 304 valence electrons. The van der Waals surface area contributed by atoms with Gasteiger partial charge in [-0.25, -0.2) is 0 Å². The van der Waals surface area contributed by atoms with E-state index in [2.05, 4.69) is 43.5 Å². The van der Waals surface area contributed by atoms with Crippen LogP contribution in [-0.4, -0.2) is 47.4 Å². The van der Waals surface area contributed by atoms with Crippen LogP contribution in [-0.2, 0) is 14.3 Å². The molecular weight excluding hydrogens is 647 g/mol. The molecule has 0 heterocycles. The minimum absolute atomic E-state index is 0.0476. The Balaban J connectivity index is 3.56. The number of nitrogens with one attached hydrogen (secondary N) is 1. The van der Waals surface area contributed by atoms with Gasteiger partial charge < -0.3 is 20.3 Å². The van der Waals surface area contributed by atoms with Gasteiger partial charge in [-0.2, -0.15) is 0 Å². The zero-order valence-corrected chi connectivity index (χ0v) is 34.3. The van der Waals surface area contributed by atoms with Gasteiger partial charge in [-0.15, -0.1) is 0 Å². The van der Waals surface area contributed by atoms with E-state index in [1.807, 2.05) is 6.08 Å². The summed E-state index contributed by atoms with van der Waals surface area (Å²) in [6.45, 7) is 4.76. The maximum Gasteiger partial charge on any atom is 0.305 e. The summed E-state index contributed by atoms with van der Waals surface area (Å²) in [7, 11) is 0. The van der Waals surface area contributed by atoms with Gasteiger partial charge in [-0.3, -0.25) is 9.59 Å². The zero-order valence-electron chi connectivity index (χ0n) is 34.3. The number of aliphatic hydroxyl groups excluding tert-OH is 2. The topological polar surface area (TPSA) is 95.9 Å². The molecule has 0 aromatic heterocycles. The first kappa shape index (κ1) is 50.1. The van der Waals surface area contributed by atoms with E-state index in [1.54, 1.807) is 6.08 Å². The standard InChI is InChI=1S/C46H85NO5/c1-3-5-7-9-11-13-14-15-16-17-18-19-24-28-32-36-40-46(51)52-41-37-33-29-25-21-20-23-27-31-35-39-45(50)47-43(42-48)44(49)38-34-30-26-22-12-10-8-6-4-2/h16-17,21,25,34,38,43-44,48-49H,3-15,18-20,22-24,26-33,35-37,39-42H2,1-2H3,(H,47,50)/b17-16-,25-21-,38-34+. The average molecular weight is 732 g/mol. The fraction of sp³-hybridized carbons (Fsp3) is 0.826. The minimum atomic E-state index is -0.864. The van der Waals surface area contributed by atoms with Crippen LogP contribution < -0.4 is 5.32 Å². The number of rotatable bonds is 40. The smallest absolute Gasteiger partial charge is 0.305 e. The number of carbonyl (C=O) groups is 2. The molecule has 0 aromatic rings. The third-order valence-electron chi connectivity index (χ3n) is 9.88. The van der Waals surface area contributed by atoms with Crippen LogP contribution in [0.15, 0.2) is 36.5 Å². The normalized spacial score (nSPS) is 13.1. The van der Waals surface area contributed by atoms with Crippen molar-refractivity contribution in [2.45, 2.75) is 231 Å². The molecule has 0 fully saturated rings. The van der Waals surface area contributed by atoms with Crippen LogP contribution in [0.25, 0.3) is 0 Å². The molecular formula is C46H85NO5. The second-order valence-electron chi connectivity index (χ2n) is 15.0. The van der Waals surface area contributed by atoms with Crippen molar-refractivity contribution < 1.29 is 24.5 Å². The van der Waals surface area contributed by atoms with Gasteiger partial charge in [0.1, 0.15) is 0 Å². The Bertz CT molecular complexity index is 854. The summed E-state index contributed by atoms with van der Waals surface area (Å²) >= 11 is 0. The van der Waals surface area contributed by atoms with Crippen LogP contribution in [0.1, 0.15) is 219 Å². The number of allylic oxidation sites excluding steroid dienone is 5. The van der Waals surface area contributed by atoms with Crippen molar-refractivity contribution in [2.75, 3.05) is 13.2 Å². The number of aliphatic hydroxyl groups is 2. The number of esters is 1. The summed E-state index contributed by atoms with van der Waals surface area (Å²) in [5, 5.41) is 22.8. The first-order valence-corrected chi connectivity index (χ1v) is 22.3. The van der Waals surface area contributed by atoms with E-state index in [1.165, 1.54) is 116 Å². The van der Waals surface area contributed by atoms with Gasteiger partial charge in [0.2, 0.25) is 5.91 Å². The SMILES string of the molecule is CCCCCCCCC/C=C\CCCCCCCC(=O)OCCCC/C=C\CCCCCCC(=O)NC(CO)C(O)/C=C/CCCCCCCCC. The van der Waals surface area contributed by atoms with Crippen LogP contribution in [0.5, 0.6) is 0 Å². The highest BCUT2D eigenvalue weighted by atomic mass is 16.5. The number of unbranched alkanes of at least 4 members (excludes halogenated alkanes) is 25. The minimum Gasteiger partial charge on any atom is -0.466 e. The third-order valence-corrected chi connectivity index (χ3v) is 9.88. The molecule has 0 rings (SSSR count). The molecule has 0 aliphatic heterocycles. The fourth-order valence-electron chi connectivity index (χ4n) is 6.38. The van der Waals surface area contributed by atoms with E-state index < -0.39 is 12.1 Å². The monoisotopic (exact) mass is 732 g/mol. The summed E-state index contributed by atoms with van der Waals surface area (Å²) < 4.78 is 5.42. The Morgan fingerprint density at radius 1 is 0.519 bits per heavy atom.